The number of likely N-dealkylation sites (tertiary alicyclic amines) is 1. The van der Waals surface area contributed by atoms with Crippen molar-refractivity contribution in [2.24, 2.45) is 5.92 Å². The molecule has 14 heavy (non-hydrogen) atoms. The Morgan fingerprint density at radius 3 is 2.57 bits per heavy atom. The molecular formula is C12H24N2. The summed E-state index contributed by atoms with van der Waals surface area (Å²) in [7, 11) is 0. The molecule has 0 aliphatic carbocycles. The van der Waals surface area contributed by atoms with Gasteiger partial charge in [-0.25, -0.2) is 0 Å². The van der Waals surface area contributed by atoms with E-state index < -0.39 is 0 Å². The van der Waals surface area contributed by atoms with Crippen molar-refractivity contribution in [1.29, 1.82) is 0 Å². The van der Waals surface area contributed by atoms with Gasteiger partial charge in [0.2, 0.25) is 0 Å². The zero-order chi connectivity index (χ0) is 9.80. The predicted octanol–water partition coefficient (Wildman–Crippen LogP) is 1.86. The van der Waals surface area contributed by atoms with Crippen LogP contribution in [0.15, 0.2) is 0 Å². The molecule has 1 atom stereocenters. The fourth-order valence-corrected chi connectivity index (χ4v) is 2.87. The van der Waals surface area contributed by atoms with Crippen LogP contribution in [-0.4, -0.2) is 37.1 Å². The molecule has 0 amide bonds. The molecule has 2 fully saturated rings. The fraction of sp³-hybridized carbons (Fsp3) is 1.00. The van der Waals surface area contributed by atoms with Crippen LogP contribution in [0.3, 0.4) is 0 Å². The van der Waals surface area contributed by atoms with E-state index in [1.807, 2.05) is 0 Å². The molecule has 2 heteroatoms. The van der Waals surface area contributed by atoms with E-state index in [1.165, 1.54) is 58.3 Å². The van der Waals surface area contributed by atoms with Crippen LogP contribution in [-0.2, 0) is 0 Å². The summed E-state index contributed by atoms with van der Waals surface area (Å²) in [5.74, 6) is 1.02. The predicted molar refractivity (Wildman–Crippen MR) is 60.5 cm³/mol. The van der Waals surface area contributed by atoms with Crippen LogP contribution in [0.25, 0.3) is 0 Å². The van der Waals surface area contributed by atoms with Crippen molar-refractivity contribution in [3.8, 4) is 0 Å². The molecular weight excluding hydrogens is 172 g/mol. The molecule has 0 aromatic heterocycles. The fourth-order valence-electron chi connectivity index (χ4n) is 2.87. The molecule has 2 aliphatic rings. The summed E-state index contributed by atoms with van der Waals surface area (Å²) in [6.07, 6.45) is 7.05. The summed E-state index contributed by atoms with van der Waals surface area (Å²) in [6, 6.07) is 0.849. The van der Waals surface area contributed by atoms with E-state index in [4.69, 9.17) is 0 Å². The SMILES string of the molecule is CCC1CCN(C2CCCNC2)CC1. The van der Waals surface area contributed by atoms with Crippen LogP contribution < -0.4 is 5.32 Å². The minimum Gasteiger partial charge on any atom is -0.315 e. The van der Waals surface area contributed by atoms with E-state index in [9.17, 15) is 0 Å². The molecule has 2 heterocycles. The Labute approximate surface area is 88.1 Å². The maximum absolute atomic E-state index is 3.52. The average Bonchev–Trinajstić information content (AvgIpc) is 2.30. The Morgan fingerprint density at radius 1 is 1.21 bits per heavy atom. The van der Waals surface area contributed by atoms with Gasteiger partial charge in [0.05, 0.1) is 0 Å². The van der Waals surface area contributed by atoms with E-state index in [1.54, 1.807) is 0 Å². The van der Waals surface area contributed by atoms with Gasteiger partial charge in [0.25, 0.3) is 0 Å². The summed E-state index contributed by atoms with van der Waals surface area (Å²) >= 11 is 0. The van der Waals surface area contributed by atoms with Crippen molar-refractivity contribution in [2.45, 2.75) is 45.1 Å². The van der Waals surface area contributed by atoms with E-state index >= 15 is 0 Å². The van der Waals surface area contributed by atoms with E-state index in [2.05, 4.69) is 17.1 Å². The van der Waals surface area contributed by atoms with Gasteiger partial charge in [0.15, 0.2) is 0 Å². The molecule has 0 saturated carbocycles. The van der Waals surface area contributed by atoms with Crippen molar-refractivity contribution in [1.82, 2.24) is 10.2 Å². The van der Waals surface area contributed by atoms with E-state index in [0.29, 0.717) is 0 Å². The Hall–Kier alpha value is -0.0800. The number of rotatable bonds is 2. The molecule has 2 aliphatic heterocycles. The summed E-state index contributed by atoms with van der Waals surface area (Å²) in [5, 5.41) is 3.52. The molecule has 2 saturated heterocycles. The van der Waals surface area contributed by atoms with Crippen LogP contribution in [0, 0.1) is 5.92 Å². The van der Waals surface area contributed by atoms with Gasteiger partial charge in [-0.3, -0.25) is 4.90 Å². The molecule has 1 unspecified atom stereocenters. The molecule has 0 aromatic rings. The van der Waals surface area contributed by atoms with Gasteiger partial charge in [0, 0.05) is 12.6 Å². The zero-order valence-corrected chi connectivity index (χ0v) is 9.47. The highest BCUT2D eigenvalue weighted by molar-refractivity contribution is 4.82. The maximum atomic E-state index is 3.52. The van der Waals surface area contributed by atoms with E-state index in [0.717, 1.165) is 12.0 Å². The number of piperidine rings is 2. The highest BCUT2D eigenvalue weighted by Crippen LogP contribution is 2.23. The molecule has 1 N–H and O–H groups in total. The Kier molecular flexibility index (Phi) is 3.82. The average molecular weight is 196 g/mol. The highest BCUT2D eigenvalue weighted by atomic mass is 15.2. The minimum absolute atomic E-state index is 0.849. The van der Waals surface area contributed by atoms with Gasteiger partial charge in [-0.2, -0.15) is 0 Å². The quantitative estimate of drug-likeness (QED) is 0.725. The van der Waals surface area contributed by atoms with Crippen molar-refractivity contribution >= 4 is 0 Å². The van der Waals surface area contributed by atoms with Crippen molar-refractivity contribution in [2.75, 3.05) is 26.2 Å². The monoisotopic (exact) mass is 196 g/mol. The number of hydrogen-bond donors (Lipinski definition) is 1. The number of nitrogens with zero attached hydrogens (tertiary/aromatic N) is 1. The first-order chi connectivity index (χ1) is 6.90. The lowest BCUT2D eigenvalue weighted by molar-refractivity contribution is 0.113. The second kappa shape index (κ2) is 5.13. The number of hydrogen-bond acceptors (Lipinski definition) is 2. The maximum Gasteiger partial charge on any atom is 0.0221 e. The lowest BCUT2D eigenvalue weighted by Crippen LogP contribution is -2.48. The van der Waals surface area contributed by atoms with Gasteiger partial charge in [-0.15, -0.1) is 0 Å². The minimum atomic E-state index is 0.849. The Balaban J connectivity index is 1.76. The summed E-state index contributed by atoms with van der Waals surface area (Å²) in [5.41, 5.74) is 0. The Morgan fingerprint density at radius 2 is 2.00 bits per heavy atom. The Bertz CT molecular complexity index is 156. The lowest BCUT2D eigenvalue weighted by atomic mass is 9.92. The van der Waals surface area contributed by atoms with Gasteiger partial charge in [-0.05, 0) is 51.2 Å². The van der Waals surface area contributed by atoms with Crippen LogP contribution >= 0.6 is 0 Å². The van der Waals surface area contributed by atoms with Gasteiger partial charge in [-0.1, -0.05) is 13.3 Å². The van der Waals surface area contributed by atoms with Crippen LogP contribution in [0.1, 0.15) is 39.0 Å². The first-order valence-electron chi connectivity index (χ1n) is 6.35. The van der Waals surface area contributed by atoms with Crippen molar-refractivity contribution in [3.05, 3.63) is 0 Å². The summed E-state index contributed by atoms with van der Waals surface area (Å²) in [6.45, 7) is 7.51. The molecule has 2 nitrogen and oxygen atoms in total. The second-order valence-electron chi connectivity index (χ2n) is 4.89. The van der Waals surface area contributed by atoms with Gasteiger partial charge >= 0.3 is 0 Å². The third-order valence-corrected chi connectivity index (χ3v) is 4.01. The van der Waals surface area contributed by atoms with Crippen molar-refractivity contribution < 1.29 is 0 Å². The van der Waals surface area contributed by atoms with Crippen molar-refractivity contribution in [3.63, 3.8) is 0 Å². The summed E-state index contributed by atoms with van der Waals surface area (Å²) in [4.78, 5) is 2.72. The summed E-state index contributed by atoms with van der Waals surface area (Å²) < 4.78 is 0. The molecule has 2 rings (SSSR count). The molecule has 0 aromatic carbocycles. The zero-order valence-electron chi connectivity index (χ0n) is 9.47. The lowest BCUT2D eigenvalue weighted by Gasteiger charge is -2.39. The smallest absolute Gasteiger partial charge is 0.0221 e. The third-order valence-electron chi connectivity index (χ3n) is 4.01. The van der Waals surface area contributed by atoms with Gasteiger partial charge < -0.3 is 5.32 Å². The second-order valence-corrected chi connectivity index (χ2v) is 4.89. The highest BCUT2D eigenvalue weighted by Gasteiger charge is 2.25. The first-order valence-corrected chi connectivity index (χ1v) is 6.35. The standard InChI is InChI=1S/C12H24N2/c1-2-11-5-8-14(9-6-11)12-4-3-7-13-10-12/h11-13H,2-10H2,1H3. The van der Waals surface area contributed by atoms with E-state index in [-0.39, 0.29) is 0 Å². The molecule has 82 valence electrons. The first kappa shape index (κ1) is 10.4. The van der Waals surface area contributed by atoms with Crippen LogP contribution in [0.4, 0.5) is 0 Å². The topological polar surface area (TPSA) is 15.3 Å². The van der Waals surface area contributed by atoms with Crippen LogP contribution in [0.5, 0.6) is 0 Å². The molecule has 0 spiro atoms. The van der Waals surface area contributed by atoms with Crippen LogP contribution in [0.2, 0.25) is 0 Å². The molecule has 0 bridgehead atoms. The number of nitrogens with one attached hydrogen (secondary N) is 1. The third kappa shape index (κ3) is 2.48. The largest absolute Gasteiger partial charge is 0.315 e. The van der Waals surface area contributed by atoms with Gasteiger partial charge in [0.1, 0.15) is 0 Å². The molecule has 0 radical (unpaired) electrons. The normalized spacial score (nSPS) is 31.9.